The first-order valence-electron chi connectivity index (χ1n) is 6.76. The summed E-state index contributed by atoms with van der Waals surface area (Å²) in [6.45, 7) is 10.9. The van der Waals surface area contributed by atoms with E-state index in [4.69, 9.17) is 0 Å². The van der Waals surface area contributed by atoms with Crippen LogP contribution in [0.5, 0.6) is 0 Å². The van der Waals surface area contributed by atoms with Gasteiger partial charge in [0.2, 0.25) is 10.0 Å². The largest absolute Gasteiger partial charge is 0.239 e. The van der Waals surface area contributed by atoms with Gasteiger partial charge in [-0.05, 0) is 53.0 Å². The summed E-state index contributed by atoms with van der Waals surface area (Å²) in [6.07, 6.45) is 5.94. The summed E-state index contributed by atoms with van der Waals surface area (Å²) in [5.41, 5.74) is 3.11. The highest BCUT2D eigenvalue weighted by Crippen LogP contribution is 2.22. The summed E-state index contributed by atoms with van der Waals surface area (Å²) < 4.78 is 26.4. The summed E-state index contributed by atoms with van der Waals surface area (Å²) in [4.78, 5) is 0.468. The molecule has 1 rings (SSSR count). The molecule has 0 N–H and O–H groups in total. The Balaban J connectivity index is 3.05. The Morgan fingerprint density at radius 3 is 1.95 bits per heavy atom. The van der Waals surface area contributed by atoms with Crippen LogP contribution in [-0.2, 0) is 10.0 Å². The van der Waals surface area contributed by atoms with Crippen LogP contribution < -0.4 is 0 Å². The zero-order valence-corrected chi connectivity index (χ0v) is 13.5. The highest BCUT2D eigenvalue weighted by atomic mass is 32.2. The Bertz CT molecular complexity index is 514. The van der Waals surface area contributed by atoms with Crippen LogP contribution in [0.4, 0.5) is 0 Å². The highest BCUT2D eigenvalue weighted by Gasteiger charge is 2.27. The van der Waals surface area contributed by atoms with E-state index >= 15 is 0 Å². The Morgan fingerprint density at radius 1 is 0.947 bits per heavy atom. The number of allylic oxidation sites excluding steroid dienone is 6. The molecule has 0 aromatic rings. The Morgan fingerprint density at radius 2 is 1.47 bits per heavy atom. The maximum absolute atomic E-state index is 12.4. The van der Waals surface area contributed by atoms with E-state index in [0.717, 1.165) is 24.0 Å². The predicted molar refractivity (Wildman–Crippen MR) is 81.3 cm³/mol. The SMILES string of the molecule is CC(C)=C/C(C)=C\C(C)=C(/C)S(=O)(=O)N1CCCC1. The molecule has 108 valence electrons. The maximum atomic E-state index is 12.4. The number of sulfonamides is 1. The van der Waals surface area contributed by atoms with E-state index in [1.807, 2.05) is 33.8 Å². The highest BCUT2D eigenvalue weighted by molar-refractivity contribution is 7.93. The quantitative estimate of drug-likeness (QED) is 0.739. The first-order valence-corrected chi connectivity index (χ1v) is 8.20. The Hall–Kier alpha value is -0.870. The van der Waals surface area contributed by atoms with Crippen molar-refractivity contribution in [1.82, 2.24) is 4.31 Å². The second-order valence-corrected chi connectivity index (χ2v) is 7.54. The van der Waals surface area contributed by atoms with Crippen molar-refractivity contribution in [2.24, 2.45) is 0 Å². The average molecular weight is 283 g/mol. The minimum absolute atomic E-state index is 0.468. The molecule has 0 aromatic carbocycles. The lowest BCUT2D eigenvalue weighted by molar-refractivity contribution is 0.483. The van der Waals surface area contributed by atoms with Gasteiger partial charge in [0, 0.05) is 13.1 Å². The number of nitrogens with zero attached hydrogens (tertiary/aromatic N) is 1. The third kappa shape index (κ3) is 4.32. The molecule has 0 atom stereocenters. The fourth-order valence-corrected chi connectivity index (χ4v) is 3.86. The lowest BCUT2D eigenvalue weighted by Gasteiger charge is -2.17. The van der Waals surface area contributed by atoms with Crippen LogP contribution in [0.1, 0.15) is 47.5 Å². The average Bonchev–Trinajstić information content (AvgIpc) is 2.80. The van der Waals surface area contributed by atoms with Crippen LogP contribution in [0.3, 0.4) is 0 Å². The molecule has 4 heteroatoms. The summed E-state index contributed by atoms with van der Waals surface area (Å²) >= 11 is 0. The molecule has 0 radical (unpaired) electrons. The van der Waals surface area contributed by atoms with Gasteiger partial charge in [-0.25, -0.2) is 8.42 Å². The molecule has 0 saturated carbocycles. The first kappa shape index (κ1) is 16.2. The zero-order valence-electron chi connectivity index (χ0n) is 12.7. The fraction of sp³-hybridized carbons (Fsp3) is 0.600. The summed E-state index contributed by atoms with van der Waals surface area (Å²) in [6, 6.07) is 0. The molecule has 0 aliphatic carbocycles. The molecule has 0 amide bonds. The molecule has 1 fully saturated rings. The second-order valence-electron chi connectivity index (χ2n) is 5.46. The van der Waals surface area contributed by atoms with Crippen LogP contribution in [0.2, 0.25) is 0 Å². The predicted octanol–water partition coefficient (Wildman–Crippen LogP) is 3.62. The fourth-order valence-electron chi connectivity index (χ4n) is 2.27. The molecule has 0 aromatic heterocycles. The smallest absolute Gasteiger partial charge is 0.207 e. The van der Waals surface area contributed by atoms with Crippen LogP contribution in [0.25, 0.3) is 0 Å². The van der Waals surface area contributed by atoms with Gasteiger partial charge in [0.05, 0.1) is 4.91 Å². The first-order chi connectivity index (χ1) is 8.75. The molecule has 19 heavy (non-hydrogen) atoms. The summed E-state index contributed by atoms with van der Waals surface area (Å²) in [5, 5.41) is 0. The van der Waals surface area contributed by atoms with E-state index in [-0.39, 0.29) is 0 Å². The number of rotatable bonds is 4. The third-order valence-corrected chi connectivity index (χ3v) is 5.45. The Labute approximate surface area is 117 Å². The Kier molecular flexibility index (Phi) is 5.56. The van der Waals surface area contributed by atoms with Crippen LogP contribution >= 0.6 is 0 Å². The van der Waals surface area contributed by atoms with E-state index < -0.39 is 10.0 Å². The molecular weight excluding hydrogens is 258 g/mol. The topological polar surface area (TPSA) is 37.4 Å². The van der Waals surface area contributed by atoms with E-state index in [1.165, 1.54) is 5.57 Å². The molecule has 1 aliphatic heterocycles. The van der Waals surface area contributed by atoms with Gasteiger partial charge in [-0.15, -0.1) is 0 Å². The lowest BCUT2D eigenvalue weighted by atomic mass is 10.1. The lowest BCUT2D eigenvalue weighted by Crippen LogP contribution is -2.28. The second kappa shape index (κ2) is 6.53. The maximum Gasteiger partial charge on any atom is 0.239 e. The minimum Gasteiger partial charge on any atom is -0.207 e. The van der Waals surface area contributed by atoms with Crippen molar-refractivity contribution in [3.05, 3.63) is 33.8 Å². The van der Waals surface area contributed by atoms with Gasteiger partial charge in [0.25, 0.3) is 0 Å². The zero-order chi connectivity index (χ0) is 14.6. The minimum atomic E-state index is -3.26. The normalized spacial score (nSPS) is 19.3. The van der Waals surface area contributed by atoms with E-state index in [0.29, 0.717) is 18.0 Å². The summed E-state index contributed by atoms with van der Waals surface area (Å²) in [7, 11) is -3.26. The summed E-state index contributed by atoms with van der Waals surface area (Å²) in [5.74, 6) is 0. The van der Waals surface area contributed by atoms with E-state index in [1.54, 1.807) is 11.2 Å². The van der Waals surface area contributed by atoms with Gasteiger partial charge in [0.15, 0.2) is 0 Å². The van der Waals surface area contributed by atoms with E-state index in [2.05, 4.69) is 6.08 Å². The van der Waals surface area contributed by atoms with Crippen molar-refractivity contribution < 1.29 is 8.42 Å². The van der Waals surface area contributed by atoms with Gasteiger partial charge in [-0.3, -0.25) is 0 Å². The molecule has 1 saturated heterocycles. The van der Waals surface area contributed by atoms with Gasteiger partial charge in [-0.2, -0.15) is 4.31 Å². The van der Waals surface area contributed by atoms with Crippen molar-refractivity contribution in [1.29, 1.82) is 0 Å². The number of hydrogen-bond donors (Lipinski definition) is 0. The van der Waals surface area contributed by atoms with Crippen molar-refractivity contribution in [3.63, 3.8) is 0 Å². The molecular formula is C15H25NO2S. The monoisotopic (exact) mass is 283 g/mol. The van der Waals surface area contributed by atoms with Crippen LogP contribution in [-0.4, -0.2) is 25.8 Å². The third-order valence-electron chi connectivity index (χ3n) is 3.31. The van der Waals surface area contributed by atoms with Crippen molar-refractivity contribution in [2.45, 2.75) is 47.5 Å². The van der Waals surface area contributed by atoms with Crippen molar-refractivity contribution >= 4 is 10.0 Å². The van der Waals surface area contributed by atoms with Crippen LogP contribution in [0, 0.1) is 0 Å². The molecule has 3 nitrogen and oxygen atoms in total. The molecule has 1 aliphatic rings. The van der Waals surface area contributed by atoms with Gasteiger partial charge in [0.1, 0.15) is 0 Å². The molecule has 0 unspecified atom stereocenters. The van der Waals surface area contributed by atoms with Crippen LogP contribution in [0.15, 0.2) is 33.8 Å². The molecule has 0 spiro atoms. The standard InChI is InChI=1S/C15H25NO2S/c1-12(2)10-13(3)11-14(4)15(5)19(17,18)16-8-6-7-9-16/h10-11H,6-9H2,1-5H3/b13-11-,15-14+. The number of hydrogen-bond acceptors (Lipinski definition) is 2. The van der Waals surface area contributed by atoms with E-state index in [9.17, 15) is 8.42 Å². The van der Waals surface area contributed by atoms with Gasteiger partial charge < -0.3 is 0 Å². The molecule has 0 bridgehead atoms. The van der Waals surface area contributed by atoms with Gasteiger partial charge in [-0.1, -0.05) is 23.3 Å². The van der Waals surface area contributed by atoms with Gasteiger partial charge >= 0.3 is 0 Å². The molecule has 1 heterocycles. The van der Waals surface area contributed by atoms with Crippen molar-refractivity contribution in [3.8, 4) is 0 Å². The van der Waals surface area contributed by atoms with Crippen molar-refractivity contribution in [2.75, 3.05) is 13.1 Å².